The lowest BCUT2D eigenvalue weighted by Gasteiger charge is -2.14. The Balaban J connectivity index is 2.95. The fourth-order valence-corrected chi connectivity index (χ4v) is 2.49. The Morgan fingerprint density at radius 1 is 1.26 bits per heavy atom. The third-order valence-electron chi connectivity index (χ3n) is 2.80. The van der Waals surface area contributed by atoms with Crippen LogP contribution in [0.25, 0.3) is 0 Å². The largest absolute Gasteiger partial charge is 0.494 e. The van der Waals surface area contributed by atoms with Crippen molar-refractivity contribution in [3.05, 3.63) is 29.3 Å². The zero-order chi connectivity index (χ0) is 14.4. The predicted octanol–water partition coefficient (Wildman–Crippen LogP) is 4.53. The number of carbonyl (C=O) groups is 1. The molecule has 0 saturated carbocycles. The third kappa shape index (κ3) is 4.90. The Morgan fingerprint density at radius 3 is 2.47 bits per heavy atom. The molecular weight excluding hydrogens is 256 g/mol. The van der Waals surface area contributed by atoms with Gasteiger partial charge in [0, 0.05) is 5.56 Å². The normalized spacial score (nSPS) is 11.1. The smallest absolute Gasteiger partial charge is 0.173 e. The molecule has 0 heterocycles. The number of carbonyl (C=O) groups excluding carboxylic acids is 1. The maximum absolute atomic E-state index is 12.3. The molecule has 0 unspecified atom stereocenters. The van der Waals surface area contributed by atoms with E-state index in [4.69, 9.17) is 4.74 Å². The van der Waals surface area contributed by atoms with Gasteiger partial charge >= 0.3 is 0 Å². The average molecular weight is 280 g/mol. The summed E-state index contributed by atoms with van der Waals surface area (Å²) in [7, 11) is 0. The Bertz CT molecular complexity index is 425. The minimum absolute atomic E-state index is 0.213. The summed E-state index contributed by atoms with van der Waals surface area (Å²) in [5.74, 6) is 1.93. The van der Waals surface area contributed by atoms with E-state index in [1.807, 2.05) is 25.1 Å². The van der Waals surface area contributed by atoms with E-state index in [1.54, 1.807) is 11.8 Å². The van der Waals surface area contributed by atoms with Crippen LogP contribution in [0.5, 0.6) is 5.75 Å². The van der Waals surface area contributed by atoms with Crippen LogP contribution in [-0.4, -0.2) is 23.4 Å². The lowest BCUT2D eigenvalue weighted by atomic mass is 9.95. The highest BCUT2D eigenvalue weighted by molar-refractivity contribution is 8.00. The predicted molar refractivity (Wildman–Crippen MR) is 83.6 cm³/mol. The molecule has 1 aromatic carbocycles. The van der Waals surface area contributed by atoms with Crippen molar-refractivity contribution in [2.45, 2.75) is 45.8 Å². The molecule has 0 fully saturated rings. The van der Waals surface area contributed by atoms with Gasteiger partial charge in [-0.1, -0.05) is 27.7 Å². The Labute approximate surface area is 120 Å². The summed E-state index contributed by atoms with van der Waals surface area (Å²) in [5.41, 5.74) is 1.92. The molecule has 2 nitrogen and oxygen atoms in total. The van der Waals surface area contributed by atoms with E-state index in [0.717, 1.165) is 16.9 Å². The summed E-state index contributed by atoms with van der Waals surface area (Å²) < 4.78 is 5.51. The lowest BCUT2D eigenvalue weighted by molar-refractivity contribution is 0.102. The van der Waals surface area contributed by atoms with Crippen LogP contribution in [0.15, 0.2) is 18.2 Å². The number of thioether (sulfide) groups is 1. The second-order valence-electron chi connectivity index (χ2n) is 5.12. The number of ketones is 1. The van der Waals surface area contributed by atoms with Crippen molar-refractivity contribution >= 4 is 17.5 Å². The van der Waals surface area contributed by atoms with E-state index in [0.29, 0.717) is 23.5 Å². The van der Waals surface area contributed by atoms with Gasteiger partial charge in [0.1, 0.15) is 5.75 Å². The molecule has 1 rings (SSSR count). The maximum atomic E-state index is 12.3. The molecular formula is C16H24O2S. The van der Waals surface area contributed by atoms with Crippen molar-refractivity contribution < 1.29 is 9.53 Å². The van der Waals surface area contributed by atoms with Gasteiger partial charge in [-0.2, -0.15) is 11.8 Å². The lowest BCUT2D eigenvalue weighted by Crippen LogP contribution is -2.09. The number of hydrogen-bond donors (Lipinski definition) is 0. The van der Waals surface area contributed by atoms with Crippen molar-refractivity contribution in [3.8, 4) is 5.75 Å². The first kappa shape index (κ1) is 16.1. The minimum Gasteiger partial charge on any atom is -0.494 e. The van der Waals surface area contributed by atoms with Crippen LogP contribution in [0, 0.1) is 0 Å². The summed E-state index contributed by atoms with van der Waals surface area (Å²) in [5, 5.41) is 0.481. The van der Waals surface area contributed by atoms with Crippen molar-refractivity contribution in [3.63, 3.8) is 0 Å². The summed E-state index contributed by atoms with van der Waals surface area (Å²) >= 11 is 1.69. The van der Waals surface area contributed by atoms with Gasteiger partial charge < -0.3 is 4.74 Å². The van der Waals surface area contributed by atoms with Gasteiger partial charge in [-0.05, 0) is 41.9 Å². The molecule has 0 aliphatic heterocycles. The molecule has 0 bridgehead atoms. The molecule has 0 radical (unpaired) electrons. The Morgan fingerprint density at radius 2 is 1.95 bits per heavy atom. The van der Waals surface area contributed by atoms with Gasteiger partial charge in [-0.25, -0.2) is 0 Å². The van der Waals surface area contributed by atoms with Crippen LogP contribution in [0.1, 0.15) is 56.5 Å². The topological polar surface area (TPSA) is 26.3 Å². The number of hydrogen-bond acceptors (Lipinski definition) is 3. The first-order chi connectivity index (χ1) is 8.95. The van der Waals surface area contributed by atoms with Crippen molar-refractivity contribution in [1.82, 2.24) is 0 Å². The number of ether oxygens (including phenoxy) is 1. The highest BCUT2D eigenvalue weighted by atomic mass is 32.2. The second-order valence-corrected chi connectivity index (χ2v) is 6.68. The van der Waals surface area contributed by atoms with Gasteiger partial charge in [0.15, 0.2) is 5.78 Å². The maximum Gasteiger partial charge on any atom is 0.173 e. The van der Waals surface area contributed by atoms with E-state index in [2.05, 4.69) is 27.7 Å². The summed E-state index contributed by atoms with van der Waals surface area (Å²) in [6.45, 7) is 11.1. The second kappa shape index (κ2) is 7.59. The van der Waals surface area contributed by atoms with Gasteiger partial charge in [0.25, 0.3) is 0 Å². The highest BCUT2D eigenvalue weighted by Crippen LogP contribution is 2.26. The van der Waals surface area contributed by atoms with Crippen LogP contribution >= 0.6 is 11.8 Å². The molecule has 0 spiro atoms. The van der Waals surface area contributed by atoms with E-state index in [-0.39, 0.29) is 5.78 Å². The van der Waals surface area contributed by atoms with E-state index < -0.39 is 0 Å². The zero-order valence-electron chi connectivity index (χ0n) is 12.5. The molecule has 0 amide bonds. The van der Waals surface area contributed by atoms with Crippen LogP contribution in [0.4, 0.5) is 0 Å². The van der Waals surface area contributed by atoms with Crippen LogP contribution in [0.3, 0.4) is 0 Å². The first-order valence-corrected chi connectivity index (χ1v) is 7.92. The summed E-state index contributed by atoms with van der Waals surface area (Å²) in [6.07, 6.45) is 0. The third-order valence-corrected chi connectivity index (χ3v) is 3.90. The SMILES string of the molecule is CCOc1ccc(C(=O)CSC(C)C)c(C(C)C)c1. The van der Waals surface area contributed by atoms with Crippen LogP contribution < -0.4 is 4.74 Å². The standard InChI is InChI=1S/C16H24O2S/c1-6-18-13-7-8-14(15(9-13)11(2)3)16(17)10-19-12(4)5/h7-9,11-12H,6,10H2,1-5H3. The molecule has 0 saturated heterocycles. The molecule has 0 aliphatic rings. The van der Waals surface area contributed by atoms with Crippen molar-refractivity contribution in [2.75, 3.05) is 12.4 Å². The minimum atomic E-state index is 0.213. The highest BCUT2D eigenvalue weighted by Gasteiger charge is 2.15. The molecule has 106 valence electrons. The molecule has 0 aromatic heterocycles. The molecule has 0 atom stereocenters. The van der Waals surface area contributed by atoms with Gasteiger partial charge in [0.2, 0.25) is 0 Å². The molecule has 1 aromatic rings. The number of Topliss-reactive ketones (excluding diaryl/α,β-unsaturated/α-hetero) is 1. The quantitative estimate of drug-likeness (QED) is 0.686. The molecule has 19 heavy (non-hydrogen) atoms. The van der Waals surface area contributed by atoms with Gasteiger partial charge in [0.05, 0.1) is 12.4 Å². The van der Waals surface area contributed by atoms with Crippen molar-refractivity contribution in [1.29, 1.82) is 0 Å². The fourth-order valence-electron chi connectivity index (χ4n) is 1.85. The average Bonchev–Trinajstić information content (AvgIpc) is 2.36. The van der Waals surface area contributed by atoms with Crippen molar-refractivity contribution in [2.24, 2.45) is 0 Å². The van der Waals surface area contributed by atoms with E-state index in [1.165, 1.54) is 0 Å². The monoisotopic (exact) mass is 280 g/mol. The van der Waals surface area contributed by atoms with Gasteiger partial charge in [-0.3, -0.25) is 4.79 Å². The number of benzene rings is 1. The number of rotatable bonds is 7. The molecule has 0 N–H and O–H groups in total. The fraction of sp³-hybridized carbons (Fsp3) is 0.562. The van der Waals surface area contributed by atoms with E-state index >= 15 is 0 Å². The molecule has 3 heteroatoms. The summed E-state index contributed by atoms with van der Waals surface area (Å²) in [4.78, 5) is 12.3. The van der Waals surface area contributed by atoms with Crippen LogP contribution in [-0.2, 0) is 0 Å². The van der Waals surface area contributed by atoms with Crippen LogP contribution in [0.2, 0.25) is 0 Å². The molecule has 0 aliphatic carbocycles. The zero-order valence-corrected chi connectivity index (χ0v) is 13.3. The Kier molecular flexibility index (Phi) is 6.43. The van der Waals surface area contributed by atoms with Gasteiger partial charge in [-0.15, -0.1) is 0 Å². The Hall–Kier alpha value is -0.960. The summed E-state index contributed by atoms with van der Waals surface area (Å²) in [6, 6.07) is 5.80. The van der Waals surface area contributed by atoms with E-state index in [9.17, 15) is 4.79 Å². The first-order valence-electron chi connectivity index (χ1n) is 6.87.